The fourth-order valence-electron chi connectivity index (χ4n) is 2.96. The Morgan fingerprint density at radius 3 is 2.68 bits per heavy atom. The molecule has 1 aliphatic rings. The van der Waals surface area contributed by atoms with Crippen molar-refractivity contribution < 1.29 is 0 Å². The number of rotatable bonds is 2. The molecule has 0 atom stereocenters. The van der Waals surface area contributed by atoms with Crippen LogP contribution in [-0.2, 0) is 0 Å². The van der Waals surface area contributed by atoms with E-state index in [1.54, 1.807) is 0 Å². The zero-order valence-electron chi connectivity index (χ0n) is 11.5. The summed E-state index contributed by atoms with van der Waals surface area (Å²) in [6.07, 6.45) is 6.29. The Morgan fingerprint density at radius 1 is 1.26 bits per heavy atom. The van der Waals surface area contributed by atoms with Gasteiger partial charge in [0.05, 0.1) is 16.7 Å². The highest BCUT2D eigenvalue weighted by Gasteiger charge is 2.24. The van der Waals surface area contributed by atoms with Crippen molar-refractivity contribution in [3.63, 3.8) is 0 Å². The van der Waals surface area contributed by atoms with Crippen molar-refractivity contribution >= 4 is 17.1 Å². The lowest BCUT2D eigenvalue weighted by atomic mass is 9.95. The van der Waals surface area contributed by atoms with Crippen LogP contribution in [0.5, 0.6) is 0 Å². The Kier molecular flexibility index (Phi) is 3.50. The molecule has 1 aliphatic heterocycles. The van der Waals surface area contributed by atoms with Gasteiger partial charge in [-0.3, -0.25) is 0 Å². The van der Waals surface area contributed by atoms with Crippen LogP contribution in [0.25, 0.3) is 5.52 Å². The maximum absolute atomic E-state index is 6.09. The minimum absolute atomic E-state index is 0.552. The molecular formula is C15H20ClN3. The van der Waals surface area contributed by atoms with E-state index in [2.05, 4.69) is 28.1 Å². The van der Waals surface area contributed by atoms with Gasteiger partial charge in [0.1, 0.15) is 5.82 Å². The number of fused-ring (bicyclic) bond motifs is 1. The summed E-state index contributed by atoms with van der Waals surface area (Å²) in [5.41, 5.74) is 1.13. The fraction of sp³-hybridized carbons (Fsp3) is 0.533. The van der Waals surface area contributed by atoms with E-state index >= 15 is 0 Å². The number of hydrogen-bond acceptors (Lipinski definition) is 2. The van der Waals surface area contributed by atoms with Crippen molar-refractivity contribution in [3.05, 3.63) is 35.4 Å². The first-order valence-corrected chi connectivity index (χ1v) is 7.39. The standard InChI is InChI=1S/C15H20ClN3/c1-11(2)18-7-5-12(6-8-18)15-17-9-14-4-3-13(16)10-19(14)15/h3-4,9-12H,5-8H2,1-2H3. The van der Waals surface area contributed by atoms with Crippen LogP contribution < -0.4 is 0 Å². The third-order valence-corrected chi connectivity index (χ3v) is 4.37. The van der Waals surface area contributed by atoms with Gasteiger partial charge < -0.3 is 9.30 Å². The summed E-state index contributed by atoms with van der Waals surface area (Å²) >= 11 is 6.09. The second kappa shape index (κ2) is 5.14. The van der Waals surface area contributed by atoms with Crippen LogP contribution in [0, 0.1) is 0 Å². The second-order valence-electron chi connectivity index (χ2n) is 5.66. The summed E-state index contributed by atoms with van der Waals surface area (Å²) in [4.78, 5) is 7.16. The number of imidazole rings is 1. The molecule has 0 unspecified atom stereocenters. The summed E-state index contributed by atoms with van der Waals surface area (Å²) in [6, 6.07) is 4.60. The molecule has 0 spiro atoms. The van der Waals surface area contributed by atoms with Gasteiger partial charge in [0.25, 0.3) is 0 Å². The fourth-order valence-corrected chi connectivity index (χ4v) is 3.12. The van der Waals surface area contributed by atoms with Crippen molar-refractivity contribution in [3.8, 4) is 0 Å². The number of nitrogens with zero attached hydrogens (tertiary/aromatic N) is 3. The molecule has 0 bridgehead atoms. The monoisotopic (exact) mass is 277 g/mol. The molecule has 3 rings (SSSR count). The van der Waals surface area contributed by atoms with Gasteiger partial charge in [0, 0.05) is 18.2 Å². The van der Waals surface area contributed by atoms with Crippen LogP contribution in [0.1, 0.15) is 38.4 Å². The maximum Gasteiger partial charge on any atom is 0.116 e. The summed E-state index contributed by atoms with van der Waals surface area (Å²) in [7, 11) is 0. The summed E-state index contributed by atoms with van der Waals surface area (Å²) in [5, 5.41) is 0.770. The normalized spacial score (nSPS) is 18.5. The Labute approximate surface area is 119 Å². The van der Waals surface area contributed by atoms with E-state index in [0.29, 0.717) is 12.0 Å². The molecule has 0 amide bonds. The van der Waals surface area contributed by atoms with Crippen LogP contribution in [0.15, 0.2) is 24.5 Å². The van der Waals surface area contributed by atoms with Gasteiger partial charge in [-0.2, -0.15) is 0 Å². The molecule has 0 aliphatic carbocycles. The molecular weight excluding hydrogens is 258 g/mol. The van der Waals surface area contributed by atoms with Crippen LogP contribution in [0.4, 0.5) is 0 Å². The predicted octanol–water partition coefficient (Wildman–Crippen LogP) is 3.58. The molecule has 0 radical (unpaired) electrons. The molecule has 2 aromatic rings. The van der Waals surface area contributed by atoms with Crippen LogP contribution in [-0.4, -0.2) is 33.4 Å². The number of piperidine rings is 1. The van der Waals surface area contributed by atoms with Crippen LogP contribution >= 0.6 is 11.6 Å². The average molecular weight is 278 g/mol. The molecule has 1 fully saturated rings. The molecule has 0 aromatic carbocycles. The zero-order chi connectivity index (χ0) is 13.4. The van der Waals surface area contributed by atoms with Crippen molar-refractivity contribution in [2.45, 2.75) is 38.6 Å². The average Bonchev–Trinajstić information content (AvgIpc) is 2.81. The van der Waals surface area contributed by atoms with Crippen molar-refractivity contribution in [2.75, 3.05) is 13.1 Å². The molecule has 4 heteroatoms. The lowest BCUT2D eigenvalue weighted by Crippen LogP contribution is -2.38. The van der Waals surface area contributed by atoms with E-state index in [4.69, 9.17) is 11.6 Å². The highest BCUT2D eigenvalue weighted by molar-refractivity contribution is 6.30. The minimum atomic E-state index is 0.552. The van der Waals surface area contributed by atoms with E-state index < -0.39 is 0 Å². The summed E-state index contributed by atoms with van der Waals surface area (Å²) in [6.45, 7) is 6.87. The first kappa shape index (κ1) is 12.9. The van der Waals surface area contributed by atoms with E-state index in [0.717, 1.165) is 23.6 Å². The van der Waals surface area contributed by atoms with Gasteiger partial charge in [0.2, 0.25) is 0 Å². The Balaban J connectivity index is 1.84. The number of halogens is 1. The molecule has 3 nitrogen and oxygen atoms in total. The molecule has 102 valence electrons. The van der Waals surface area contributed by atoms with Gasteiger partial charge in [0.15, 0.2) is 0 Å². The van der Waals surface area contributed by atoms with E-state index in [1.165, 1.54) is 18.7 Å². The molecule has 0 N–H and O–H groups in total. The number of hydrogen-bond donors (Lipinski definition) is 0. The third-order valence-electron chi connectivity index (χ3n) is 4.14. The van der Waals surface area contributed by atoms with Gasteiger partial charge in [-0.1, -0.05) is 11.6 Å². The highest BCUT2D eigenvalue weighted by Crippen LogP contribution is 2.29. The SMILES string of the molecule is CC(C)N1CCC(c2ncc3ccc(Cl)cn23)CC1. The Morgan fingerprint density at radius 2 is 2.00 bits per heavy atom. The third kappa shape index (κ3) is 2.49. The zero-order valence-corrected chi connectivity index (χ0v) is 12.3. The Hall–Kier alpha value is -1.06. The van der Waals surface area contributed by atoms with E-state index in [9.17, 15) is 0 Å². The van der Waals surface area contributed by atoms with Crippen LogP contribution in [0.3, 0.4) is 0 Å². The quantitative estimate of drug-likeness (QED) is 0.836. The molecule has 19 heavy (non-hydrogen) atoms. The Bertz CT molecular complexity index is 568. The van der Waals surface area contributed by atoms with Crippen molar-refractivity contribution in [1.82, 2.24) is 14.3 Å². The smallest absolute Gasteiger partial charge is 0.116 e. The topological polar surface area (TPSA) is 20.5 Å². The van der Waals surface area contributed by atoms with E-state index in [1.807, 2.05) is 24.5 Å². The summed E-state index contributed by atoms with van der Waals surface area (Å²) < 4.78 is 2.15. The highest BCUT2D eigenvalue weighted by atomic mass is 35.5. The number of aromatic nitrogens is 2. The minimum Gasteiger partial charge on any atom is -0.302 e. The van der Waals surface area contributed by atoms with Crippen LogP contribution in [0.2, 0.25) is 5.02 Å². The van der Waals surface area contributed by atoms with Gasteiger partial charge in [-0.15, -0.1) is 0 Å². The number of likely N-dealkylation sites (tertiary alicyclic amines) is 1. The van der Waals surface area contributed by atoms with E-state index in [-0.39, 0.29) is 0 Å². The van der Waals surface area contributed by atoms with Gasteiger partial charge in [-0.05, 0) is 51.9 Å². The van der Waals surface area contributed by atoms with Gasteiger partial charge in [-0.25, -0.2) is 4.98 Å². The lowest BCUT2D eigenvalue weighted by Gasteiger charge is -2.34. The lowest BCUT2D eigenvalue weighted by molar-refractivity contribution is 0.169. The second-order valence-corrected chi connectivity index (χ2v) is 6.10. The first-order chi connectivity index (χ1) is 9.15. The summed E-state index contributed by atoms with van der Waals surface area (Å²) in [5.74, 6) is 1.72. The largest absolute Gasteiger partial charge is 0.302 e. The van der Waals surface area contributed by atoms with Gasteiger partial charge >= 0.3 is 0 Å². The molecule has 2 aromatic heterocycles. The molecule has 1 saturated heterocycles. The maximum atomic E-state index is 6.09. The first-order valence-electron chi connectivity index (χ1n) is 7.01. The molecule has 3 heterocycles. The predicted molar refractivity (Wildman–Crippen MR) is 78.9 cm³/mol. The molecule has 0 saturated carbocycles. The van der Waals surface area contributed by atoms with Crippen molar-refractivity contribution in [1.29, 1.82) is 0 Å². The van der Waals surface area contributed by atoms with Crippen molar-refractivity contribution in [2.24, 2.45) is 0 Å². The number of pyridine rings is 1.